The third-order valence-corrected chi connectivity index (χ3v) is 4.15. The van der Waals surface area contributed by atoms with Crippen molar-refractivity contribution in [3.8, 4) is 11.5 Å². The van der Waals surface area contributed by atoms with Crippen LogP contribution in [0.25, 0.3) is 0 Å². The van der Waals surface area contributed by atoms with E-state index in [9.17, 15) is 4.79 Å². The molecule has 1 amide bonds. The number of nitrogens with zero attached hydrogens (tertiary/aromatic N) is 1. The van der Waals surface area contributed by atoms with E-state index in [0.717, 1.165) is 17.1 Å². The Hall–Kier alpha value is -2.24. The minimum absolute atomic E-state index is 0.0328. The van der Waals surface area contributed by atoms with E-state index in [4.69, 9.17) is 21.1 Å². The molecule has 1 atom stereocenters. The minimum Gasteiger partial charge on any atom is -0.486 e. The van der Waals surface area contributed by atoms with Crippen molar-refractivity contribution in [1.29, 1.82) is 0 Å². The van der Waals surface area contributed by atoms with Crippen LogP contribution in [0.3, 0.4) is 0 Å². The summed E-state index contributed by atoms with van der Waals surface area (Å²) in [5.41, 5.74) is 1.01. The number of ether oxygens (including phenoxy) is 2. The third kappa shape index (κ3) is 5.11. The Morgan fingerprint density at radius 3 is 2.68 bits per heavy atom. The van der Waals surface area contributed by atoms with E-state index in [-0.39, 0.29) is 12.0 Å². The topological polar surface area (TPSA) is 50.8 Å². The Morgan fingerprint density at radius 2 is 1.92 bits per heavy atom. The highest BCUT2D eigenvalue weighted by Gasteiger charge is 2.22. The van der Waals surface area contributed by atoms with Gasteiger partial charge in [-0.2, -0.15) is 0 Å². The average Bonchev–Trinajstić information content (AvgIpc) is 2.61. The highest BCUT2D eigenvalue weighted by Crippen LogP contribution is 2.30. The van der Waals surface area contributed by atoms with Crippen LogP contribution in [0, 0.1) is 0 Å². The number of rotatable bonds is 6. The summed E-state index contributed by atoms with van der Waals surface area (Å²) in [6, 6.07) is 15.0. The number of carbonyl (C=O) groups is 1. The number of amides is 1. The number of hydrogen-bond acceptors (Lipinski definition) is 4. The molecule has 1 heterocycles. The van der Waals surface area contributed by atoms with Gasteiger partial charge in [-0.25, -0.2) is 0 Å². The Bertz CT molecular complexity index is 721. The first kappa shape index (κ1) is 17.6. The number of likely N-dealkylation sites (N-methyl/N-ethyl adjacent to an activating group) is 1. The summed E-state index contributed by atoms with van der Waals surface area (Å²) in [6.07, 6.45) is -0.0936. The second-order valence-corrected chi connectivity index (χ2v) is 6.53. The van der Waals surface area contributed by atoms with E-state index in [2.05, 4.69) is 5.32 Å². The number of para-hydroxylation sites is 2. The summed E-state index contributed by atoms with van der Waals surface area (Å²) in [5, 5.41) is 3.59. The summed E-state index contributed by atoms with van der Waals surface area (Å²) in [7, 11) is 1.89. The molecule has 6 heteroatoms. The molecule has 1 N–H and O–H groups in total. The van der Waals surface area contributed by atoms with Crippen LogP contribution in [-0.4, -0.2) is 43.7 Å². The quantitative estimate of drug-likeness (QED) is 0.860. The first-order valence-electron chi connectivity index (χ1n) is 8.18. The van der Waals surface area contributed by atoms with Gasteiger partial charge in [0, 0.05) is 18.1 Å². The van der Waals surface area contributed by atoms with E-state index < -0.39 is 0 Å². The molecule has 0 radical (unpaired) electrons. The lowest BCUT2D eigenvalue weighted by molar-refractivity contribution is -0.122. The lowest BCUT2D eigenvalue weighted by atomic mass is 10.2. The van der Waals surface area contributed by atoms with Crippen molar-refractivity contribution in [1.82, 2.24) is 10.2 Å². The molecule has 0 bridgehead atoms. The first-order valence-corrected chi connectivity index (χ1v) is 8.56. The summed E-state index contributed by atoms with van der Waals surface area (Å²) in [5.74, 6) is 1.48. The van der Waals surface area contributed by atoms with E-state index in [1.165, 1.54) is 0 Å². The van der Waals surface area contributed by atoms with Gasteiger partial charge in [0.25, 0.3) is 0 Å². The molecule has 132 valence electrons. The maximum absolute atomic E-state index is 12.1. The molecule has 0 saturated heterocycles. The normalized spacial score (nSPS) is 15.9. The molecule has 1 aliphatic rings. The van der Waals surface area contributed by atoms with E-state index in [0.29, 0.717) is 31.3 Å². The monoisotopic (exact) mass is 360 g/mol. The predicted molar refractivity (Wildman–Crippen MR) is 97.1 cm³/mol. The largest absolute Gasteiger partial charge is 0.486 e. The van der Waals surface area contributed by atoms with Gasteiger partial charge in [-0.1, -0.05) is 35.9 Å². The molecule has 2 aromatic rings. The maximum Gasteiger partial charge on any atom is 0.234 e. The second kappa shape index (κ2) is 8.23. The smallest absolute Gasteiger partial charge is 0.234 e. The lowest BCUT2D eigenvalue weighted by Gasteiger charge is -2.29. The molecular formula is C19H21ClN2O3. The Balaban J connectivity index is 1.42. The van der Waals surface area contributed by atoms with Crippen LogP contribution in [0.2, 0.25) is 5.02 Å². The van der Waals surface area contributed by atoms with Crippen LogP contribution in [0.1, 0.15) is 5.56 Å². The molecule has 0 aromatic heterocycles. The van der Waals surface area contributed by atoms with E-state index >= 15 is 0 Å². The van der Waals surface area contributed by atoms with Crippen LogP contribution in [0.4, 0.5) is 0 Å². The Labute approximate surface area is 152 Å². The van der Waals surface area contributed by atoms with Crippen LogP contribution >= 0.6 is 11.6 Å². The molecule has 0 fully saturated rings. The molecule has 0 aliphatic carbocycles. The molecule has 0 saturated carbocycles. The molecule has 25 heavy (non-hydrogen) atoms. The first-order chi connectivity index (χ1) is 12.1. The molecule has 5 nitrogen and oxygen atoms in total. The van der Waals surface area contributed by atoms with Crippen molar-refractivity contribution in [3.63, 3.8) is 0 Å². The van der Waals surface area contributed by atoms with Gasteiger partial charge in [0.05, 0.1) is 6.54 Å². The third-order valence-electron chi connectivity index (χ3n) is 3.90. The van der Waals surface area contributed by atoms with Gasteiger partial charge >= 0.3 is 0 Å². The fourth-order valence-electron chi connectivity index (χ4n) is 2.67. The lowest BCUT2D eigenvalue weighted by Crippen LogP contribution is -2.43. The molecule has 1 unspecified atom stereocenters. The van der Waals surface area contributed by atoms with Gasteiger partial charge in [-0.05, 0) is 36.9 Å². The standard InChI is InChI=1S/C19H21ClN2O3/c1-22(11-16-13-24-17-4-2-3-5-18(17)25-16)12-19(23)21-10-14-6-8-15(20)9-7-14/h2-9,16H,10-13H2,1H3,(H,21,23). The zero-order valence-electron chi connectivity index (χ0n) is 14.1. The zero-order valence-corrected chi connectivity index (χ0v) is 14.8. The minimum atomic E-state index is -0.0936. The number of benzene rings is 2. The van der Waals surface area contributed by atoms with Crippen molar-refractivity contribution in [2.75, 3.05) is 26.7 Å². The molecule has 1 aliphatic heterocycles. The van der Waals surface area contributed by atoms with Crippen LogP contribution in [0.5, 0.6) is 11.5 Å². The predicted octanol–water partition coefficient (Wildman–Crippen LogP) is 2.73. The van der Waals surface area contributed by atoms with Gasteiger partial charge in [0.1, 0.15) is 12.7 Å². The number of halogens is 1. The Kier molecular flexibility index (Phi) is 5.79. The van der Waals surface area contributed by atoms with Gasteiger partial charge in [-0.15, -0.1) is 0 Å². The van der Waals surface area contributed by atoms with Crippen molar-refractivity contribution < 1.29 is 14.3 Å². The fourth-order valence-corrected chi connectivity index (χ4v) is 2.80. The molecule has 0 spiro atoms. The van der Waals surface area contributed by atoms with E-state index in [1.54, 1.807) is 0 Å². The van der Waals surface area contributed by atoms with Gasteiger partial charge in [-0.3, -0.25) is 9.69 Å². The van der Waals surface area contributed by atoms with Gasteiger partial charge in [0.15, 0.2) is 11.5 Å². The second-order valence-electron chi connectivity index (χ2n) is 6.10. The van der Waals surface area contributed by atoms with Crippen molar-refractivity contribution >= 4 is 17.5 Å². The van der Waals surface area contributed by atoms with Crippen molar-refractivity contribution in [2.45, 2.75) is 12.6 Å². The van der Waals surface area contributed by atoms with Crippen molar-refractivity contribution in [3.05, 3.63) is 59.1 Å². The fraction of sp³-hybridized carbons (Fsp3) is 0.316. The summed E-state index contributed by atoms with van der Waals surface area (Å²) in [6.45, 7) is 1.88. The maximum atomic E-state index is 12.1. The summed E-state index contributed by atoms with van der Waals surface area (Å²) in [4.78, 5) is 14.0. The number of fused-ring (bicyclic) bond motifs is 1. The SMILES string of the molecule is CN(CC(=O)NCc1ccc(Cl)cc1)CC1COc2ccccc2O1. The summed E-state index contributed by atoms with van der Waals surface area (Å²) >= 11 is 5.85. The van der Waals surface area contributed by atoms with Crippen LogP contribution in [-0.2, 0) is 11.3 Å². The highest BCUT2D eigenvalue weighted by atomic mass is 35.5. The number of carbonyl (C=O) groups excluding carboxylic acids is 1. The molecule has 3 rings (SSSR count). The van der Waals surface area contributed by atoms with Gasteiger partial charge < -0.3 is 14.8 Å². The highest BCUT2D eigenvalue weighted by molar-refractivity contribution is 6.30. The number of hydrogen-bond donors (Lipinski definition) is 1. The molecule has 2 aromatic carbocycles. The van der Waals surface area contributed by atoms with Crippen LogP contribution < -0.4 is 14.8 Å². The van der Waals surface area contributed by atoms with E-state index in [1.807, 2.05) is 60.5 Å². The molecular weight excluding hydrogens is 340 g/mol. The summed E-state index contributed by atoms with van der Waals surface area (Å²) < 4.78 is 11.6. The number of nitrogens with one attached hydrogen (secondary N) is 1. The van der Waals surface area contributed by atoms with Crippen LogP contribution in [0.15, 0.2) is 48.5 Å². The Morgan fingerprint density at radius 1 is 1.20 bits per heavy atom. The zero-order chi connectivity index (χ0) is 17.6. The average molecular weight is 361 g/mol. The van der Waals surface area contributed by atoms with Gasteiger partial charge in [0.2, 0.25) is 5.91 Å². The van der Waals surface area contributed by atoms with Crippen molar-refractivity contribution in [2.24, 2.45) is 0 Å².